The van der Waals surface area contributed by atoms with Crippen LogP contribution in [0.25, 0.3) is 0 Å². The van der Waals surface area contributed by atoms with E-state index in [0.717, 1.165) is 12.8 Å². The molecule has 0 aliphatic heterocycles. The van der Waals surface area contributed by atoms with Crippen molar-refractivity contribution in [2.45, 2.75) is 62.4 Å². The number of halogens is 1. The topological polar surface area (TPSA) is 52.6 Å². The first kappa shape index (κ1) is 16.7. The summed E-state index contributed by atoms with van der Waals surface area (Å²) in [7, 11) is 0. The summed E-state index contributed by atoms with van der Waals surface area (Å²) in [4.78, 5) is 23.2. The monoisotopic (exact) mass is 382 g/mol. The highest BCUT2D eigenvalue weighted by atomic mass is 127. The molecule has 1 saturated carbocycles. The predicted octanol–water partition coefficient (Wildman–Crippen LogP) is 3.26. The van der Waals surface area contributed by atoms with Crippen LogP contribution in [0.15, 0.2) is 0 Å². The van der Waals surface area contributed by atoms with Gasteiger partial charge >= 0.3 is 11.9 Å². The molecule has 0 saturated heterocycles. The summed E-state index contributed by atoms with van der Waals surface area (Å²) in [5, 5.41) is 0. The lowest BCUT2D eigenvalue weighted by atomic mass is 9.89. The number of esters is 2. The van der Waals surface area contributed by atoms with Crippen LogP contribution < -0.4 is 0 Å². The van der Waals surface area contributed by atoms with E-state index in [0.29, 0.717) is 12.3 Å². The van der Waals surface area contributed by atoms with Crippen molar-refractivity contribution in [1.29, 1.82) is 0 Å². The lowest BCUT2D eigenvalue weighted by Gasteiger charge is -2.31. The van der Waals surface area contributed by atoms with E-state index < -0.39 is 11.6 Å². The van der Waals surface area contributed by atoms with E-state index >= 15 is 0 Å². The van der Waals surface area contributed by atoms with Crippen LogP contribution in [0.5, 0.6) is 0 Å². The minimum atomic E-state index is -0.464. The molecule has 1 unspecified atom stereocenters. The number of hydrogen-bond donors (Lipinski definition) is 0. The summed E-state index contributed by atoms with van der Waals surface area (Å²) in [5.74, 6) is -0.385. The van der Waals surface area contributed by atoms with Crippen LogP contribution in [0.1, 0.15) is 52.9 Å². The first-order chi connectivity index (χ1) is 8.86. The number of carbonyl (C=O) groups is 2. The molecular weight excluding hydrogens is 359 g/mol. The number of alkyl halides is 1. The number of carbonyl (C=O) groups excluding carboxylic acids is 2. The molecule has 1 rings (SSSR count). The lowest BCUT2D eigenvalue weighted by molar-refractivity contribution is -0.171. The normalized spacial score (nSPS) is 18.1. The Balaban J connectivity index is 2.36. The smallest absolute Gasteiger partial charge is 0.344 e. The first-order valence-electron chi connectivity index (χ1n) is 6.89. The third-order valence-electron chi connectivity index (χ3n) is 3.66. The van der Waals surface area contributed by atoms with Crippen molar-refractivity contribution in [1.82, 2.24) is 0 Å². The maximum atomic E-state index is 11.7. The molecule has 0 amide bonds. The van der Waals surface area contributed by atoms with Gasteiger partial charge < -0.3 is 9.47 Å². The Morgan fingerprint density at radius 3 is 2.42 bits per heavy atom. The van der Waals surface area contributed by atoms with Crippen LogP contribution in [-0.4, -0.2) is 28.1 Å². The van der Waals surface area contributed by atoms with Crippen molar-refractivity contribution in [3.8, 4) is 0 Å². The molecule has 0 aromatic rings. The SMILES string of the molecule is CCC(I)C(=O)OCC(=O)OC(C)(C)C1CCCC1. The van der Waals surface area contributed by atoms with Gasteiger partial charge in [0.1, 0.15) is 9.53 Å². The summed E-state index contributed by atoms with van der Waals surface area (Å²) in [5.41, 5.74) is -0.464. The molecule has 0 N–H and O–H groups in total. The van der Waals surface area contributed by atoms with E-state index in [9.17, 15) is 9.59 Å². The van der Waals surface area contributed by atoms with E-state index in [-0.39, 0.29) is 16.5 Å². The standard InChI is InChI=1S/C14H23IO4/c1-4-11(15)13(17)18-9-12(16)19-14(2,3)10-7-5-6-8-10/h10-11H,4-9H2,1-3H3. The zero-order chi connectivity index (χ0) is 14.5. The molecule has 0 heterocycles. The second-order valence-corrected chi connectivity index (χ2v) is 7.05. The predicted molar refractivity (Wildman–Crippen MR) is 81.2 cm³/mol. The van der Waals surface area contributed by atoms with Gasteiger partial charge in [0.15, 0.2) is 6.61 Å². The minimum Gasteiger partial charge on any atom is -0.457 e. The van der Waals surface area contributed by atoms with Gasteiger partial charge in [-0.1, -0.05) is 42.4 Å². The molecule has 0 spiro atoms. The van der Waals surface area contributed by atoms with Crippen LogP contribution in [0.4, 0.5) is 0 Å². The largest absolute Gasteiger partial charge is 0.457 e. The van der Waals surface area contributed by atoms with Crippen LogP contribution in [-0.2, 0) is 19.1 Å². The lowest BCUT2D eigenvalue weighted by Crippen LogP contribution is -2.37. The fourth-order valence-electron chi connectivity index (χ4n) is 2.41. The second kappa shape index (κ2) is 7.45. The fourth-order valence-corrected chi connectivity index (χ4v) is 2.59. The molecule has 0 aromatic heterocycles. The van der Waals surface area contributed by atoms with Crippen molar-refractivity contribution in [2.75, 3.05) is 6.61 Å². The molecule has 0 bridgehead atoms. The summed E-state index contributed by atoms with van der Waals surface area (Å²) in [6.45, 7) is 5.50. The van der Waals surface area contributed by atoms with E-state index in [1.807, 2.05) is 43.4 Å². The highest BCUT2D eigenvalue weighted by molar-refractivity contribution is 14.1. The molecule has 1 fully saturated rings. The second-order valence-electron chi connectivity index (χ2n) is 5.54. The van der Waals surface area contributed by atoms with Crippen molar-refractivity contribution >= 4 is 34.5 Å². The Hall–Kier alpha value is -0.330. The Morgan fingerprint density at radius 1 is 1.32 bits per heavy atom. The molecule has 1 aliphatic carbocycles. The summed E-state index contributed by atoms with van der Waals surface area (Å²) in [6, 6.07) is 0. The van der Waals surface area contributed by atoms with Gasteiger partial charge in [0.25, 0.3) is 0 Å². The molecular formula is C14H23IO4. The van der Waals surface area contributed by atoms with Crippen LogP contribution in [0.3, 0.4) is 0 Å². The number of ether oxygens (including phenoxy) is 2. The zero-order valence-corrected chi connectivity index (χ0v) is 14.1. The highest BCUT2D eigenvalue weighted by Gasteiger charge is 2.35. The Labute approximate surface area is 128 Å². The zero-order valence-electron chi connectivity index (χ0n) is 11.9. The van der Waals surface area contributed by atoms with Crippen LogP contribution in [0, 0.1) is 5.92 Å². The highest BCUT2D eigenvalue weighted by Crippen LogP contribution is 2.36. The van der Waals surface area contributed by atoms with Crippen molar-refractivity contribution in [3.05, 3.63) is 0 Å². The van der Waals surface area contributed by atoms with Gasteiger partial charge in [-0.25, -0.2) is 4.79 Å². The molecule has 0 radical (unpaired) electrons. The van der Waals surface area contributed by atoms with Gasteiger partial charge in [0.2, 0.25) is 0 Å². The number of hydrogen-bond acceptors (Lipinski definition) is 4. The Morgan fingerprint density at radius 2 is 1.89 bits per heavy atom. The van der Waals surface area contributed by atoms with Crippen molar-refractivity contribution in [2.24, 2.45) is 5.92 Å². The first-order valence-corrected chi connectivity index (χ1v) is 8.14. The Bertz CT molecular complexity index is 321. The third-order valence-corrected chi connectivity index (χ3v) is 5.05. The number of rotatable bonds is 6. The maximum Gasteiger partial charge on any atom is 0.344 e. The molecule has 110 valence electrons. The summed E-state index contributed by atoms with van der Waals surface area (Å²) in [6.07, 6.45) is 5.31. The molecule has 5 heteroatoms. The van der Waals surface area contributed by atoms with Gasteiger partial charge in [0.05, 0.1) is 0 Å². The van der Waals surface area contributed by atoms with Gasteiger partial charge in [-0.05, 0) is 39.0 Å². The van der Waals surface area contributed by atoms with E-state index in [4.69, 9.17) is 9.47 Å². The van der Waals surface area contributed by atoms with E-state index in [1.165, 1.54) is 12.8 Å². The maximum absolute atomic E-state index is 11.7. The summed E-state index contributed by atoms with van der Waals surface area (Å²) < 4.78 is 10.2. The average molecular weight is 382 g/mol. The van der Waals surface area contributed by atoms with Crippen molar-refractivity contribution < 1.29 is 19.1 Å². The van der Waals surface area contributed by atoms with Gasteiger partial charge in [-0.15, -0.1) is 0 Å². The Kier molecular flexibility index (Phi) is 6.56. The quantitative estimate of drug-likeness (QED) is 0.402. The summed E-state index contributed by atoms with van der Waals surface area (Å²) >= 11 is 2.01. The molecule has 1 aliphatic rings. The van der Waals surface area contributed by atoms with Crippen LogP contribution >= 0.6 is 22.6 Å². The van der Waals surface area contributed by atoms with Gasteiger partial charge in [0, 0.05) is 0 Å². The molecule has 4 nitrogen and oxygen atoms in total. The minimum absolute atomic E-state index is 0.201. The van der Waals surface area contributed by atoms with Crippen LogP contribution in [0.2, 0.25) is 0 Å². The van der Waals surface area contributed by atoms with E-state index in [1.54, 1.807) is 0 Å². The molecule has 0 aromatic carbocycles. The molecule has 1 atom stereocenters. The molecule has 19 heavy (non-hydrogen) atoms. The fraction of sp³-hybridized carbons (Fsp3) is 0.857. The van der Waals surface area contributed by atoms with Gasteiger partial charge in [-0.3, -0.25) is 4.79 Å². The van der Waals surface area contributed by atoms with E-state index in [2.05, 4.69) is 0 Å². The third kappa shape index (κ3) is 5.28. The van der Waals surface area contributed by atoms with Gasteiger partial charge in [-0.2, -0.15) is 0 Å². The average Bonchev–Trinajstić information content (AvgIpc) is 2.88. The van der Waals surface area contributed by atoms with Crippen molar-refractivity contribution in [3.63, 3.8) is 0 Å².